The van der Waals surface area contributed by atoms with E-state index in [9.17, 15) is 19.5 Å². The van der Waals surface area contributed by atoms with Crippen molar-refractivity contribution in [2.24, 2.45) is 5.41 Å². The average molecular weight is 368 g/mol. The van der Waals surface area contributed by atoms with Gasteiger partial charge in [-0.3, -0.25) is 9.59 Å². The molecular weight excluding hydrogens is 336 g/mol. The molecule has 2 amide bonds. The molecule has 1 aliphatic carbocycles. The summed E-state index contributed by atoms with van der Waals surface area (Å²) in [5.74, 6) is -0.813. The second kappa shape index (κ2) is 8.27. The van der Waals surface area contributed by atoms with E-state index in [1.165, 1.54) is 0 Å². The number of rotatable bonds is 4. The fraction of sp³-hybridized carbons (Fsp3) is 0.842. The first kappa shape index (κ1) is 20.5. The first-order valence-electron chi connectivity index (χ1n) is 9.58. The molecule has 1 N–H and O–H groups in total. The largest absolute Gasteiger partial charge is 0.481 e. The number of carboxylic acid groups (broad SMARTS) is 1. The Morgan fingerprint density at radius 2 is 1.46 bits per heavy atom. The number of carboxylic acids is 1. The molecule has 0 radical (unpaired) electrons. The maximum Gasteiger partial charge on any atom is 0.410 e. The zero-order valence-electron chi connectivity index (χ0n) is 16.3. The third-order valence-corrected chi connectivity index (χ3v) is 5.25. The van der Waals surface area contributed by atoms with Crippen LogP contribution in [0.25, 0.3) is 0 Å². The highest BCUT2D eigenvalue weighted by Gasteiger charge is 2.38. The van der Waals surface area contributed by atoms with Gasteiger partial charge in [-0.05, 0) is 39.0 Å². The minimum Gasteiger partial charge on any atom is -0.481 e. The van der Waals surface area contributed by atoms with Gasteiger partial charge in [-0.25, -0.2) is 4.79 Å². The van der Waals surface area contributed by atoms with Crippen LogP contribution in [0.15, 0.2) is 0 Å². The van der Waals surface area contributed by atoms with Gasteiger partial charge in [0.15, 0.2) is 0 Å². The van der Waals surface area contributed by atoms with Crippen LogP contribution in [-0.2, 0) is 14.3 Å². The molecule has 2 fully saturated rings. The van der Waals surface area contributed by atoms with E-state index in [0.717, 1.165) is 32.1 Å². The first-order valence-corrected chi connectivity index (χ1v) is 9.58. The van der Waals surface area contributed by atoms with Crippen LogP contribution >= 0.6 is 0 Å². The molecule has 2 rings (SSSR count). The summed E-state index contributed by atoms with van der Waals surface area (Å²) in [4.78, 5) is 39.5. The van der Waals surface area contributed by atoms with E-state index in [1.54, 1.807) is 9.80 Å². The Morgan fingerprint density at radius 3 is 1.96 bits per heavy atom. The maximum atomic E-state index is 12.8. The quantitative estimate of drug-likeness (QED) is 0.824. The van der Waals surface area contributed by atoms with Crippen molar-refractivity contribution < 1.29 is 24.2 Å². The van der Waals surface area contributed by atoms with Crippen LogP contribution in [0.4, 0.5) is 4.79 Å². The average Bonchev–Trinajstić information content (AvgIpc) is 2.53. The van der Waals surface area contributed by atoms with Crippen LogP contribution < -0.4 is 0 Å². The Kier molecular flexibility index (Phi) is 6.53. The lowest BCUT2D eigenvalue weighted by atomic mass is 9.69. The zero-order valence-corrected chi connectivity index (χ0v) is 16.3. The van der Waals surface area contributed by atoms with Crippen molar-refractivity contribution in [3.05, 3.63) is 0 Å². The second-order valence-electron chi connectivity index (χ2n) is 8.66. The highest BCUT2D eigenvalue weighted by molar-refractivity contribution is 5.79. The van der Waals surface area contributed by atoms with E-state index in [2.05, 4.69) is 0 Å². The topological polar surface area (TPSA) is 87.2 Å². The van der Waals surface area contributed by atoms with Crippen molar-refractivity contribution in [3.63, 3.8) is 0 Å². The molecular formula is C19H32N2O5. The van der Waals surface area contributed by atoms with Crippen LogP contribution in [0.1, 0.15) is 65.7 Å². The van der Waals surface area contributed by atoms with Crippen molar-refractivity contribution >= 4 is 18.0 Å². The monoisotopic (exact) mass is 368 g/mol. The standard InChI is InChI=1S/C19H32N2O5/c1-18(2,3)26-17(25)21-11-9-20(10-12-21)15(22)13-19(14-16(23)24)7-5-4-6-8-19/h4-14H2,1-3H3,(H,23,24). The van der Waals surface area contributed by atoms with Gasteiger partial charge in [0.2, 0.25) is 5.91 Å². The summed E-state index contributed by atoms with van der Waals surface area (Å²) in [6.07, 6.45) is 4.73. The molecule has 7 nitrogen and oxygen atoms in total. The van der Waals surface area contributed by atoms with Gasteiger partial charge in [0.25, 0.3) is 0 Å². The third kappa shape index (κ3) is 5.88. The van der Waals surface area contributed by atoms with E-state index in [0.29, 0.717) is 32.6 Å². The van der Waals surface area contributed by atoms with Crippen LogP contribution in [0, 0.1) is 5.41 Å². The number of ether oxygens (including phenoxy) is 1. The third-order valence-electron chi connectivity index (χ3n) is 5.25. The first-order chi connectivity index (χ1) is 12.1. The van der Waals surface area contributed by atoms with Crippen LogP contribution in [-0.4, -0.2) is 64.7 Å². The lowest BCUT2D eigenvalue weighted by molar-refractivity contribution is -0.143. The predicted molar refractivity (Wildman–Crippen MR) is 96.8 cm³/mol. The summed E-state index contributed by atoms with van der Waals surface area (Å²) >= 11 is 0. The van der Waals surface area contributed by atoms with Crippen LogP contribution in [0.5, 0.6) is 0 Å². The molecule has 0 spiro atoms. The Balaban J connectivity index is 1.89. The van der Waals surface area contributed by atoms with Gasteiger partial charge in [-0.2, -0.15) is 0 Å². The second-order valence-corrected chi connectivity index (χ2v) is 8.66. The molecule has 26 heavy (non-hydrogen) atoms. The zero-order chi connectivity index (χ0) is 19.4. The number of hydrogen-bond acceptors (Lipinski definition) is 4. The lowest BCUT2D eigenvalue weighted by Crippen LogP contribution is -2.52. The van der Waals surface area contributed by atoms with Crippen molar-refractivity contribution in [3.8, 4) is 0 Å². The molecule has 1 aliphatic heterocycles. The van der Waals surface area contributed by atoms with E-state index in [4.69, 9.17) is 4.74 Å². The number of piperazine rings is 1. The fourth-order valence-electron chi connectivity index (χ4n) is 3.94. The molecule has 0 unspecified atom stereocenters. The lowest BCUT2D eigenvalue weighted by Gasteiger charge is -2.39. The van der Waals surface area contributed by atoms with Gasteiger partial charge in [-0.15, -0.1) is 0 Å². The molecule has 7 heteroatoms. The number of carbonyl (C=O) groups is 3. The van der Waals surface area contributed by atoms with Gasteiger partial charge in [0, 0.05) is 32.6 Å². The summed E-state index contributed by atoms with van der Waals surface area (Å²) in [6.45, 7) is 7.34. The van der Waals surface area contributed by atoms with Crippen molar-refractivity contribution in [2.75, 3.05) is 26.2 Å². The number of carbonyl (C=O) groups excluding carboxylic acids is 2. The van der Waals surface area contributed by atoms with E-state index in [-0.39, 0.29) is 18.4 Å². The van der Waals surface area contributed by atoms with Gasteiger partial charge in [0.05, 0.1) is 6.42 Å². The molecule has 0 bridgehead atoms. The highest BCUT2D eigenvalue weighted by Crippen LogP contribution is 2.42. The Labute approximate surface area is 155 Å². The summed E-state index contributed by atoms with van der Waals surface area (Å²) < 4.78 is 5.37. The molecule has 0 aromatic rings. The number of aliphatic carboxylic acids is 1. The minimum absolute atomic E-state index is 0.0111. The van der Waals surface area contributed by atoms with E-state index >= 15 is 0 Å². The molecule has 0 atom stereocenters. The number of hydrogen-bond donors (Lipinski definition) is 1. The Hall–Kier alpha value is -1.79. The SMILES string of the molecule is CC(C)(C)OC(=O)N1CCN(C(=O)CC2(CC(=O)O)CCCCC2)CC1. The summed E-state index contributed by atoms with van der Waals surface area (Å²) in [7, 11) is 0. The molecule has 148 valence electrons. The fourth-order valence-corrected chi connectivity index (χ4v) is 3.94. The number of amides is 2. The highest BCUT2D eigenvalue weighted by atomic mass is 16.6. The molecule has 0 aromatic carbocycles. The summed E-state index contributed by atoms with van der Waals surface area (Å²) in [6, 6.07) is 0. The summed E-state index contributed by atoms with van der Waals surface area (Å²) in [5.41, 5.74) is -0.933. The van der Waals surface area contributed by atoms with Crippen LogP contribution in [0.2, 0.25) is 0 Å². The Morgan fingerprint density at radius 1 is 0.923 bits per heavy atom. The Bertz CT molecular complexity index is 527. The number of nitrogens with zero attached hydrogens (tertiary/aromatic N) is 2. The summed E-state index contributed by atoms with van der Waals surface area (Å²) in [5, 5.41) is 9.26. The van der Waals surface area contributed by atoms with E-state index in [1.807, 2.05) is 20.8 Å². The normalized spacial score (nSPS) is 20.6. The molecule has 1 heterocycles. The minimum atomic E-state index is -0.825. The van der Waals surface area contributed by atoms with Gasteiger partial charge in [0.1, 0.15) is 5.60 Å². The van der Waals surface area contributed by atoms with Gasteiger partial charge < -0.3 is 19.6 Å². The van der Waals surface area contributed by atoms with Gasteiger partial charge >= 0.3 is 12.1 Å². The van der Waals surface area contributed by atoms with Crippen molar-refractivity contribution in [1.29, 1.82) is 0 Å². The molecule has 2 aliphatic rings. The molecule has 1 saturated carbocycles. The smallest absolute Gasteiger partial charge is 0.410 e. The molecule has 1 saturated heterocycles. The van der Waals surface area contributed by atoms with Crippen molar-refractivity contribution in [2.45, 2.75) is 71.3 Å². The van der Waals surface area contributed by atoms with Crippen LogP contribution in [0.3, 0.4) is 0 Å². The predicted octanol–water partition coefficient (Wildman–Crippen LogP) is 2.88. The van der Waals surface area contributed by atoms with E-state index < -0.39 is 17.0 Å². The van der Waals surface area contributed by atoms with Gasteiger partial charge in [-0.1, -0.05) is 19.3 Å². The van der Waals surface area contributed by atoms with Crippen molar-refractivity contribution in [1.82, 2.24) is 9.80 Å². The molecule has 0 aromatic heterocycles. The maximum absolute atomic E-state index is 12.8.